The van der Waals surface area contributed by atoms with Gasteiger partial charge in [0, 0.05) is 25.2 Å². The maximum absolute atomic E-state index is 11.8. The van der Waals surface area contributed by atoms with Gasteiger partial charge in [-0.3, -0.25) is 4.79 Å². The highest BCUT2D eigenvalue weighted by Crippen LogP contribution is 2.16. The Morgan fingerprint density at radius 1 is 1.37 bits per heavy atom. The van der Waals surface area contributed by atoms with Crippen LogP contribution in [0.4, 0.5) is 8.78 Å². The van der Waals surface area contributed by atoms with Crippen molar-refractivity contribution in [1.29, 1.82) is 0 Å². The monoisotopic (exact) mass is 270 g/mol. The summed E-state index contributed by atoms with van der Waals surface area (Å²) < 4.78 is 28.3. The lowest BCUT2D eigenvalue weighted by Crippen LogP contribution is -2.27. The molecule has 0 fully saturated rings. The molecule has 2 N–H and O–H groups in total. The van der Waals surface area contributed by atoms with Gasteiger partial charge in [-0.1, -0.05) is 6.07 Å². The van der Waals surface area contributed by atoms with E-state index in [1.165, 1.54) is 5.56 Å². The molecule has 1 aromatic carbocycles. The van der Waals surface area contributed by atoms with Gasteiger partial charge in [0.05, 0.1) is 6.61 Å². The highest BCUT2D eigenvalue weighted by atomic mass is 19.3. The van der Waals surface area contributed by atoms with Crippen LogP contribution in [0.15, 0.2) is 18.2 Å². The van der Waals surface area contributed by atoms with E-state index in [0.29, 0.717) is 5.56 Å². The molecular weight excluding hydrogens is 254 g/mol. The number of amides is 1. The summed E-state index contributed by atoms with van der Waals surface area (Å²) in [5.41, 5.74) is 2.91. The molecular formula is C13H16F2N2O2. The molecule has 1 aliphatic rings. The fourth-order valence-electron chi connectivity index (χ4n) is 1.95. The van der Waals surface area contributed by atoms with E-state index in [1.54, 1.807) is 6.07 Å². The molecule has 1 aliphatic heterocycles. The van der Waals surface area contributed by atoms with E-state index in [0.717, 1.165) is 18.7 Å². The number of rotatable bonds is 6. The van der Waals surface area contributed by atoms with Crippen molar-refractivity contribution >= 4 is 5.91 Å². The first-order chi connectivity index (χ1) is 9.16. The van der Waals surface area contributed by atoms with Crippen LogP contribution in [0.2, 0.25) is 0 Å². The molecule has 0 atom stereocenters. The van der Waals surface area contributed by atoms with Gasteiger partial charge in [0.15, 0.2) is 0 Å². The van der Waals surface area contributed by atoms with Crippen LogP contribution in [0.1, 0.15) is 21.5 Å². The Bertz CT molecular complexity index is 452. The smallest absolute Gasteiger partial charge is 0.261 e. The first kappa shape index (κ1) is 13.9. The van der Waals surface area contributed by atoms with Crippen LogP contribution >= 0.6 is 0 Å². The molecule has 0 saturated carbocycles. The molecule has 0 saturated heterocycles. The molecule has 0 bridgehead atoms. The van der Waals surface area contributed by atoms with Crippen molar-refractivity contribution in [2.45, 2.75) is 19.5 Å². The number of carbonyl (C=O) groups is 1. The molecule has 6 heteroatoms. The van der Waals surface area contributed by atoms with Gasteiger partial charge in [-0.2, -0.15) is 0 Å². The summed E-state index contributed by atoms with van der Waals surface area (Å²) in [5.74, 6) is -0.213. The number of ether oxygens (including phenoxy) is 1. The van der Waals surface area contributed by atoms with Crippen molar-refractivity contribution in [2.75, 3.05) is 19.8 Å². The van der Waals surface area contributed by atoms with Gasteiger partial charge in [0.25, 0.3) is 12.3 Å². The average Bonchev–Trinajstić information content (AvgIpc) is 2.84. The number of hydrogen-bond acceptors (Lipinski definition) is 3. The highest BCUT2D eigenvalue weighted by molar-refractivity contribution is 5.94. The summed E-state index contributed by atoms with van der Waals surface area (Å²) in [5, 5.41) is 5.84. The second-order valence-electron chi connectivity index (χ2n) is 4.31. The number of hydrogen-bond donors (Lipinski definition) is 2. The van der Waals surface area contributed by atoms with E-state index in [1.807, 2.05) is 12.1 Å². The van der Waals surface area contributed by atoms with E-state index in [9.17, 15) is 13.6 Å². The quantitative estimate of drug-likeness (QED) is 0.766. The van der Waals surface area contributed by atoms with Crippen LogP contribution in [0.25, 0.3) is 0 Å². The molecule has 0 spiro atoms. The standard InChI is InChI=1S/C13H16F2N2O2/c14-12(15)8-19-4-3-17-13(18)9-1-2-10-6-16-7-11(10)5-9/h1-2,5,12,16H,3-4,6-8H2,(H,17,18). The van der Waals surface area contributed by atoms with E-state index in [2.05, 4.69) is 15.4 Å². The van der Waals surface area contributed by atoms with E-state index >= 15 is 0 Å². The Morgan fingerprint density at radius 3 is 2.95 bits per heavy atom. The van der Waals surface area contributed by atoms with Crippen LogP contribution in [-0.2, 0) is 17.8 Å². The Morgan fingerprint density at radius 2 is 2.16 bits per heavy atom. The minimum Gasteiger partial charge on any atom is -0.374 e. The second-order valence-corrected chi connectivity index (χ2v) is 4.31. The molecule has 1 heterocycles. The van der Waals surface area contributed by atoms with Gasteiger partial charge >= 0.3 is 0 Å². The van der Waals surface area contributed by atoms with Gasteiger partial charge in [0.2, 0.25) is 0 Å². The van der Waals surface area contributed by atoms with Crippen LogP contribution in [0.5, 0.6) is 0 Å². The summed E-state index contributed by atoms with van der Waals surface area (Å²) >= 11 is 0. The summed E-state index contributed by atoms with van der Waals surface area (Å²) in [6, 6.07) is 5.55. The fraction of sp³-hybridized carbons (Fsp3) is 0.462. The van der Waals surface area contributed by atoms with Crippen LogP contribution in [-0.4, -0.2) is 32.1 Å². The molecule has 1 aromatic rings. The summed E-state index contributed by atoms with van der Waals surface area (Å²) in [4.78, 5) is 11.8. The minimum atomic E-state index is -2.47. The third kappa shape index (κ3) is 3.97. The maximum atomic E-state index is 11.8. The van der Waals surface area contributed by atoms with Crippen molar-refractivity contribution in [1.82, 2.24) is 10.6 Å². The van der Waals surface area contributed by atoms with Crippen LogP contribution < -0.4 is 10.6 Å². The zero-order valence-corrected chi connectivity index (χ0v) is 10.4. The molecule has 0 aliphatic carbocycles. The molecule has 0 unspecified atom stereocenters. The number of alkyl halides is 2. The Balaban J connectivity index is 1.77. The Labute approximate surface area is 110 Å². The molecule has 19 heavy (non-hydrogen) atoms. The van der Waals surface area contributed by atoms with Crippen molar-refractivity contribution in [2.24, 2.45) is 0 Å². The lowest BCUT2D eigenvalue weighted by Gasteiger charge is -2.07. The normalized spacial score (nSPS) is 13.6. The summed E-state index contributed by atoms with van der Waals surface area (Å²) in [6.07, 6.45) is -2.47. The first-order valence-corrected chi connectivity index (χ1v) is 6.13. The number of nitrogens with one attached hydrogen (secondary N) is 2. The van der Waals surface area contributed by atoms with E-state index in [-0.39, 0.29) is 19.1 Å². The van der Waals surface area contributed by atoms with Crippen molar-refractivity contribution < 1.29 is 18.3 Å². The Hall–Kier alpha value is -1.53. The lowest BCUT2D eigenvalue weighted by atomic mass is 10.1. The Kier molecular flexibility index (Phi) is 4.81. The lowest BCUT2D eigenvalue weighted by molar-refractivity contribution is 0.0188. The zero-order valence-electron chi connectivity index (χ0n) is 10.4. The topological polar surface area (TPSA) is 50.4 Å². The highest BCUT2D eigenvalue weighted by Gasteiger charge is 2.13. The summed E-state index contributed by atoms with van der Waals surface area (Å²) in [6.45, 7) is 1.32. The van der Waals surface area contributed by atoms with Gasteiger partial charge in [-0.05, 0) is 23.3 Å². The zero-order chi connectivity index (χ0) is 13.7. The molecule has 104 valence electrons. The maximum Gasteiger partial charge on any atom is 0.261 e. The first-order valence-electron chi connectivity index (χ1n) is 6.13. The summed E-state index contributed by atoms with van der Waals surface area (Å²) in [7, 11) is 0. The number of fused-ring (bicyclic) bond motifs is 1. The fourth-order valence-corrected chi connectivity index (χ4v) is 1.95. The predicted octanol–water partition coefficient (Wildman–Crippen LogP) is 1.30. The van der Waals surface area contributed by atoms with Crippen molar-refractivity contribution in [3.8, 4) is 0 Å². The third-order valence-corrected chi connectivity index (χ3v) is 2.88. The number of halogens is 2. The predicted molar refractivity (Wildman–Crippen MR) is 66.1 cm³/mol. The minimum absolute atomic E-state index is 0.0859. The van der Waals surface area contributed by atoms with E-state index < -0.39 is 13.0 Å². The SMILES string of the molecule is O=C(NCCOCC(F)F)c1ccc2c(c1)CNC2. The second kappa shape index (κ2) is 6.58. The van der Waals surface area contributed by atoms with E-state index in [4.69, 9.17) is 0 Å². The van der Waals surface area contributed by atoms with Crippen molar-refractivity contribution in [3.05, 3.63) is 34.9 Å². The molecule has 0 radical (unpaired) electrons. The number of carbonyl (C=O) groups excluding carboxylic acids is 1. The van der Waals surface area contributed by atoms with Gasteiger partial charge in [-0.15, -0.1) is 0 Å². The van der Waals surface area contributed by atoms with Crippen molar-refractivity contribution in [3.63, 3.8) is 0 Å². The van der Waals surface area contributed by atoms with Gasteiger partial charge in [-0.25, -0.2) is 8.78 Å². The molecule has 0 aromatic heterocycles. The average molecular weight is 270 g/mol. The van der Waals surface area contributed by atoms with Crippen LogP contribution in [0.3, 0.4) is 0 Å². The van der Waals surface area contributed by atoms with Crippen LogP contribution in [0, 0.1) is 0 Å². The molecule has 2 rings (SSSR count). The largest absolute Gasteiger partial charge is 0.374 e. The molecule has 1 amide bonds. The van der Waals surface area contributed by atoms with Gasteiger partial charge in [0.1, 0.15) is 6.61 Å². The van der Waals surface area contributed by atoms with Gasteiger partial charge < -0.3 is 15.4 Å². The molecule has 4 nitrogen and oxygen atoms in total. The number of benzene rings is 1. The third-order valence-electron chi connectivity index (χ3n) is 2.88.